The number of ether oxygens (including phenoxy) is 6. The van der Waals surface area contributed by atoms with Crippen molar-refractivity contribution in [1.29, 1.82) is 0 Å². The quantitative estimate of drug-likeness (QED) is 0.0305. The number of carbonyl (C=O) groups is 6. The van der Waals surface area contributed by atoms with Gasteiger partial charge in [-0.05, 0) is 0 Å². The molecule has 408 valence electrons. The van der Waals surface area contributed by atoms with Crippen LogP contribution in [0.5, 0.6) is 0 Å². The van der Waals surface area contributed by atoms with Gasteiger partial charge in [0.25, 0.3) is 0 Å². The average Bonchev–Trinajstić information content (AvgIpc) is 3.46. The van der Waals surface area contributed by atoms with Crippen molar-refractivity contribution in [1.82, 2.24) is 0 Å². The van der Waals surface area contributed by atoms with E-state index in [0.717, 1.165) is 31.6 Å². The third-order valence-corrected chi connectivity index (χ3v) is 32.0. The van der Waals surface area contributed by atoms with E-state index in [-0.39, 0.29) is 34.6 Å². The molecular formula is C66H57O12Sb3. The van der Waals surface area contributed by atoms with Crippen LogP contribution in [0.4, 0.5) is 0 Å². The first-order chi connectivity index (χ1) is 38.5. The molecule has 0 heterocycles. The van der Waals surface area contributed by atoms with Crippen molar-refractivity contribution in [3.8, 4) is 0 Å². The minimum absolute atomic E-state index is 0.250. The molecule has 0 spiro atoms. The second kappa shape index (κ2) is 27.6. The number of allylic oxidation sites excluding steroid dienone is 6. The van der Waals surface area contributed by atoms with Crippen LogP contribution in [0.25, 0.3) is 0 Å². The number of benzene rings is 7. The summed E-state index contributed by atoms with van der Waals surface area (Å²) in [6, 6.07) is 51.0. The zero-order valence-corrected chi connectivity index (χ0v) is 53.2. The van der Waals surface area contributed by atoms with Gasteiger partial charge >= 0.3 is 498 Å². The molecule has 0 aliphatic heterocycles. The van der Waals surface area contributed by atoms with Gasteiger partial charge in [-0.2, -0.15) is 0 Å². The van der Waals surface area contributed by atoms with Crippen LogP contribution in [0.15, 0.2) is 238 Å². The van der Waals surface area contributed by atoms with Gasteiger partial charge in [0, 0.05) is 0 Å². The number of carbonyl (C=O) groups excluding carboxylic acids is 6. The zero-order chi connectivity index (χ0) is 58.7. The second-order valence-electron chi connectivity index (χ2n) is 18.5. The monoisotopic (exact) mass is 1400 g/mol. The maximum absolute atomic E-state index is 13.2. The summed E-state index contributed by atoms with van der Waals surface area (Å²) in [6.45, 7) is 32.1. The molecule has 0 aliphatic carbocycles. The molecule has 0 radical (unpaired) electrons. The van der Waals surface area contributed by atoms with E-state index in [1.165, 1.54) is 0 Å². The zero-order valence-electron chi connectivity index (χ0n) is 45.6. The molecule has 0 atom stereocenters. The molecule has 12 nitrogen and oxygen atoms in total. The summed E-state index contributed by atoms with van der Waals surface area (Å²) in [4.78, 5) is 79.4. The minimum atomic E-state index is -3.37. The second-order valence-corrected chi connectivity index (χ2v) is 37.6. The van der Waals surface area contributed by atoms with Gasteiger partial charge in [-0.15, -0.1) is 0 Å². The van der Waals surface area contributed by atoms with Crippen LogP contribution in [-0.4, -0.2) is 96.4 Å². The molecule has 81 heavy (non-hydrogen) atoms. The predicted molar refractivity (Wildman–Crippen MR) is 320 cm³/mol. The summed E-state index contributed by atoms with van der Waals surface area (Å²) in [5, 5.41) is 0. The van der Waals surface area contributed by atoms with Crippen LogP contribution in [-0.2, 0) is 28.4 Å². The van der Waals surface area contributed by atoms with Crippen molar-refractivity contribution in [2.75, 3.05) is 0 Å². The number of hydrogen-bond acceptors (Lipinski definition) is 12. The fourth-order valence-corrected chi connectivity index (χ4v) is 30.7. The Morgan fingerprint density at radius 1 is 0.235 bits per heavy atom. The van der Waals surface area contributed by atoms with E-state index >= 15 is 0 Å². The van der Waals surface area contributed by atoms with Crippen LogP contribution in [0.3, 0.4) is 0 Å². The van der Waals surface area contributed by atoms with Crippen molar-refractivity contribution < 1.29 is 57.2 Å². The molecule has 0 saturated heterocycles. The van der Waals surface area contributed by atoms with Gasteiger partial charge in [0.1, 0.15) is 0 Å². The van der Waals surface area contributed by atoms with E-state index in [9.17, 15) is 28.8 Å². The van der Waals surface area contributed by atoms with Gasteiger partial charge in [-0.25, -0.2) is 0 Å². The summed E-state index contributed by atoms with van der Waals surface area (Å²) >= 11 is -10.1. The first kappa shape index (κ1) is 60.9. The van der Waals surface area contributed by atoms with Crippen LogP contribution >= 0.6 is 0 Å². The molecule has 0 bridgehead atoms. The van der Waals surface area contributed by atoms with Gasteiger partial charge in [-0.1, -0.05) is 0 Å². The third-order valence-electron chi connectivity index (χ3n) is 11.4. The van der Waals surface area contributed by atoms with Crippen molar-refractivity contribution in [2.24, 2.45) is 0 Å². The van der Waals surface area contributed by atoms with E-state index in [2.05, 4.69) is 57.7 Å². The Kier molecular flexibility index (Phi) is 20.8. The molecule has 0 unspecified atom stereocenters. The van der Waals surface area contributed by atoms with Crippen LogP contribution in [0.1, 0.15) is 104 Å². The van der Waals surface area contributed by atoms with Gasteiger partial charge in [-0.3, -0.25) is 0 Å². The number of hydrogen-bond donors (Lipinski definition) is 0. The summed E-state index contributed by atoms with van der Waals surface area (Å²) in [5.41, 5.74) is 1.98. The molecule has 15 heteroatoms. The normalized spacial score (nSPS) is 10.8. The van der Waals surface area contributed by atoms with E-state index in [4.69, 9.17) is 28.4 Å². The summed E-state index contributed by atoms with van der Waals surface area (Å²) in [7, 11) is 0. The molecule has 0 fully saturated rings. The Bertz CT molecular complexity index is 3030. The Morgan fingerprint density at radius 3 is 0.469 bits per heavy atom. The van der Waals surface area contributed by atoms with Gasteiger partial charge < -0.3 is 0 Å². The Balaban J connectivity index is 1.56. The van der Waals surface area contributed by atoms with Crippen molar-refractivity contribution >= 4 is 128 Å². The molecule has 0 aromatic heterocycles. The molecule has 7 rings (SSSR count). The molecule has 0 aliphatic rings. The summed E-state index contributed by atoms with van der Waals surface area (Å²) in [6.07, 6.45) is 0. The molecular weight excluding hydrogens is 1350 g/mol. The van der Waals surface area contributed by atoms with Crippen molar-refractivity contribution in [2.45, 2.75) is 41.5 Å². The molecule has 0 N–H and O–H groups in total. The van der Waals surface area contributed by atoms with E-state index in [0.29, 0.717) is 33.4 Å². The fourth-order valence-electron chi connectivity index (χ4n) is 8.09. The van der Waals surface area contributed by atoms with Crippen LogP contribution < -0.4 is 31.6 Å². The first-order valence-corrected chi connectivity index (χ1v) is 36.5. The average molecular weight is 1410 g/mol. The van der Waals surface area contributed by atoms with Gasteiger partial charge in [0.05, 0.1) is 0 Å². The number of rotatable bonds is 21. The van der Waals surface area contributed by atoms with E-state index in [1.54, 1.807) is 114 Å². The molecule has 7 aromatic rings. The third kappa shape index (κ3) is 16.2. The van der Waals surface area contributed by atoms with Crippen LogP contribution in [0, 0.1) is 0 Å². The fraction of sp³-hybridized carbons (Fsp3) is 0.0909. The van der Waals surface area contributed by atoms with Crippen molar-refractivity contribution in [3.63, 3.8) is 0 Å². The molecule has 0 amide bonds. The summed E-state index contributed by atoms with van der Waals surface area (Å²) in [5.74, 6) is -1.81. The van der Waals surface area contributed by atoms with Crippen molar-refractivity contribution in [3.05, 3.63) is 271 Å². The Morgan fingerprint density at radius 2 is 0.358 bits per heavy atom. The van der Waals surface area contributed by atoms with Crippen LogP contribution in [0.2, 0.25) is 0 Å². The molecule has 7 aromatic carbocycles. The molecule has 0 saturated carbocycles. The van der Waals surface area contributed by atoms with E-state index < -0.39 is 96.4 Å². The Labute approximate surface area is 493 Å². The Hall–Kier alpha value is -7.75. The van der Waals surface area contributed by atoms with E-state index in [1.807, 2.05) is 72.8 Å². The SMILES string of the molecule is C=C(C)OC(=O)c1cc[c]([Sb]([c]2ccc(C(=O)OC(=C)C)cc2)[c]2c[c]([Sb]([c]3ccc(C(=O)OC(=C)C)cc3)[c]3ccc(C(=O)OC(=C)C)cc3)c[c]([Sb]([c]3ccc(C(=O)OC(=C)C)cc3)[c]3ccc(C(=O)OC(=C)C)cc3)c2)cc1. The summed E-state index contributed by atoms with van der Waals surface area (Å²) < 4.78 is 41.3. The van der Waals surface area contributed by atoms with Gasteiger partial charge in [0.2, 0.25) is 0 Å². The number of esters is 6. The van der Waals surface area contributed by atoms with Gasteiger partial charge in [0.15, 0.2) is 0 Å². The standard InChI is InChI=1S/6C10H9O2.C6H3.3Sb/c6*1-8(2)12-10(11)9-6-4-3-5-7-9;1-2-4-6-5-3-1;;;/h6*4-7H,1H2,2H3;1,4-5H;;;. The predicted octanol–water partition coefficient (Wildman–Crippen LogP) is 7.38. The maximum atomic E-state index is 13.2. The first-order valence-electron chi connectivity index (χ1n) is 25.0. The topological polar surface area (TPSA) is 158 Å².